The van der Waals surface area contributed by atoms with Crippen LogP contribution in [-0.4, -0.2) is 9.97 Å². The van der Waals surface area contributed by atoms with E-state index in [4.69, 9.17) is 10.00 Å². The van der Waals surface area contributed by atoms with Crippen molar-refractivity contribution in [3.63, 3.8) is 0 Å². The fourth-order valence-corrected chi connectivity index (χ4v) is 4.44. The summed E-state index contributed by atoms with van der Waals surface area (Å²) in [7, 11) is 0. The minimum atomic E-state index is -0.211. The summed E-state index contributed by atoms with van der Waals surface area (Å²) in [5.74, 6) is 0.535. The van der Waals surface area contributed by atoms with E-state index < -0.39 is 0 Å². The predicted octanol–water partition coefficient (Wildman–Crippen LogP) is 5.77. The summed E-state index contributed by atoms with van der Waals surface area (Å²) in [6.45, 7) is 0.249. The number of para-hydroxylation sites is 1. The lowest BCUT2D eigenvalue weighted by molar-refractivity contribution is 0.306. The second-order valence-electron chi connectivity index (χ2n) is 7.16. The Balaban J connectivity index is 1.71. The molecule has 32 heavy (non-hydrogen) atoms. The zero-order chi connectivity index (χ0) is 21.9. The quantitative estimate of drug-likeness (QED) is 0.380. The van der Waals surface area contributed by atoms with Gasteiger partial charge in [0.05, 0.1) is 28.4 Å². The van der Waals surface area contributed by atoms with Crippen LogP contribution in [0.25, 0.3) is 32.5 Å². The number of rotatable bonds is 5. The highest BCUT2D eigenvalue weighted by Gasteiger charge is 2.19. The molecule has 0 bridgehead atoms. The topological polar surface area (TPSA) is 78.8 Å². The molecule has 154 valence electrons. The molecule has 0 saturated heterocycles. The standard InChI is InChI=1S/C26H17N3O2S/c27-15-17-9-11-18(12-10-17)20-6-3-7-21-24(20)29-26(30)23(22-8-4-14-32-22)25(21)31-16-19-5-1-2-13-28-19/h1-14H,16H2,(H,29,30). The van der Waals surface area contributed by atoms with Gasteiger partial charge in [0.15, 0.2) is 0 Å². The molecular weight excluding hydrogens is 418 g/mol. The second kappa shape index (κ2) is 8.50. The van der Waals surface area contributed by atoms with Gasteiger partial charge in [-0.15, -0.1) is 11.3 Å². The van der Waals surface area contributed by atoms with Gasteiger partial charge in [0.25, 0.3) is 5.56 Å². The number of nitrogens with zero attached hydrogens (tertiary/aromatic N) is 2. The van der Waals surface area contributed by atoms with Gasteiger partial charge in [-0.05, 0) is 47.3 Å². The second-order valence-corrected chi connectivity index (χ2v) is 8.11. The van der Waals surface area contributed by atoms with E-state index in [1.807, 2.05) is 66.0 Å². The van der Waals surface area contributed by atoms with E-state index in [0.29, 0.717) is 22.4 Å². The van der Waals surface area contributed by atoms with Crippen LogP contribution in [0.4, 0.5) is 0 Å². The molecule has 5 aromatic rings. The Kier molecular flexibility index (Phi) is 5.24. The van der Waals surface area contributed by atoms with Crippen LogP contribution in [0.1, 0.15) is 11.3 Å². The summed E-state index contributed by atoms with van der Waals surface area (Å²) in [4.78, 5) is 21.5. The van der Waals surface area contributed by atoms with E-state index in [-0.39, 0.29) is 12.2 Å². The first-order valence-corrected chi connectivity index (χ1v) is 10.9. The number of hydrogen-bond acceptors (Lipinski definition) is 5. The van der Waals surface area contributed by atoms with Crippen molar-refractivity contribution >= 4 is 22.2 Å². The molecular formula is C26H17N3O2S. The minimum Gasteiger partial charge on any atom is -0.486 e. The summed E-state index contributed by atoms with van der Waals surface area (Å²) in [5, 5.41) is 11.8. The third-order valence-corrected chi connectivity index (χ3v) is 6.07. The molecule has 3 heterocycles. The zero-order valence-corrected chi connectivity index (χ0v) is 17.7. The largest absolute Gasteiger partial charge is 0.486 e. The van der Waals surface area contributed by atoms with Crippen LogP contribution >= 0.6 is 11.3 Å². The number of hydrogen-bond donors (Lipinski definition) is 1. The summed E-state index contributed by atoms with van der Waals surface area (Å²) in [5.41, 5.74) is 4.13. The third-order valence-electron chi connectivity index (χ3n) is 5.18. The number of pyridine rings is 2. The highest BCUT2D eigenvalue weighted by atomic mass is 32.1. The smallest absolute Gasteiger partial charge is 0.260 e. The summed E-state index contributed by atoms with van der Waals surface area (Å²) in [6.07, 6.45) is 1.72. The molecule has 2 aromatic carbocycles. The Morgan fingerprint density at radius 1 is 1.00 bits per heavy atom. The fourth-order valence-electron chi connectivity index (χ4n) is 3.68. The molecule has 0 spiro atoms. The van der Waals surface area contributed by atoms with Gasteiger partial charge in [-0.3, -0.25) is 9.78 Å². The summed E-state index contributed by atoms with van der Waals surface area (Å²) >= 11 is 1.49. The minimum absolute atomic E-state index is 0.211. The molecule has 0 aliphatic heterocycles. The molecule has 0 saturated carbocycles. The molecule has 0 aliphatic rings. The Bertz CT molecular complexity index is 1480. The first-order chi connectivity index (χ1) is 15.7. The number of fused-ring (bicyclic) bond motifs is 1. The number of H-pyrrole nitrogens is 1. The first kappa shape index (κ1) is 19.7. The summed E-state index contributed by atoms with van der Waals surface area (Å²) < 4.78 is 6.25. The van der Waals surface area contributed by atoms with Crippen molar-refractivity contribution in [1.29, 1.82) is 5.26 Å². The zero-order valence-electron chi connectivity index (χ0n) is 16.9. The van der Waals surface area contributed by atoms with Gasteiger partial charge in [0.1, 0.15) is 12.4 Å². The monoisotopic (exact) mass is 435 g/mol. The number of nitrogens with one attached hydrogen (secondary N) is 1. The summed E-state index contributed by atoms with van der Waals surface area (Å²) in [6, 6.07) is 24.8. The maximum atomic E-state index is 13.3. The van der Waals surface area contributed by atoms with Crippen molar-refractivity contribution in [1.82, 2.24) is 9.97 Å². The van der Waals surface area contributed by atoms with Gasteiger partial charge in [0.2, 0.25) is 0 Å². The average Bonchev–Trinajstić information content (AvgIpc) is 3.37. The Hall–Kier alpha value is -4.21. The molecule has 5 nitrogen and oxygen atoms in total. The average molecular weight is 436 g/mol. The number of aromatic amines is 1. The molecule has 0 fully saturated rings. The molecule has 3 aromatic heterocycles. The molecule has 0 unspecified atom stereocenters. The van der Waals surface area contributed by atoms with Gasteiger partial charge in [-0.2, -0.15) is 5.26 Å². The molecule has 0 aliphatic carbocycles. The third kappa shape index (κ3) is 3.66. The van der Waals surface area contributed by atoms with Crippen molar-refractivity contribution in [3.05, 3.63) is 106 Å². The molecule has 0 amide bonds. The van der Waals surface area contributed by atoms with Crippen molar-refractivity contribution in [2.24, 2.45) is 0 Å². The van der Waals surface area contributed by atoms with Crippen LogP contribution in [0.3, 0.4) is 0 Å². The molecule has 6 heteroatoms. The van der Waals surface area contributed by atoms with Gasteiger partial charge in [0, 0.05) is 22.0 Å². The molecule has 0 radical (unpaired) electrons. The number of ether oxygens (including phenoxy) is 1. The van der Waals surface area contributed by atoms with Crippen molar-refractivity contribution < 1.29 is 4.74 Å². The van der Waals surface area contributed by atoms with Crippen LogP contribution in [0.5, 0.6) is 5.75 Å². The predicted molar refractivity (Wildman–Crippen MR) is 127 cm³/mol. The normalized spacial score (nSPS) is 10.7. The highest BCUT2D eigenvalue weighted by Crippen LogP contribution is 2.38. The highest BCUT2D eigenvalue weighted by molar-refractivity contribution is 7.13. The van der Waals surface area contributed by atoms with Crippen LogP contribution in [-0.2, 0) is 6.61 Å². The Labute approximate surface area is 188 Å². The lowest BCUT2D eigenvalue weighted by Gasteiger charge is -2.15. The van der Waals surface area contributed by atoms with E-state index in [1.54, 1.807) is 18.3 Å². The van der Waals surface area contributed by atoms with E-state index in [2.05, 4.69) is 16.0 Å². The van der Waals surface area contributed by atoms with E-state index >= 15 is 0 Å². The lowest BCUT2D eigenvalue weighted by atomic mass is 9.99. The lowest BCUT2D eigenvalue weighted by Crippen LogP contribution is -2.12. The SMILES string of the molecule is N#Cc1ccc(-c2cccc3c(OCc4ccccn4)c(-c4cccs4)c(=O)[nH]c23)cc1. The fraction of sp³-hybridized carbons (Fsp3) is 0.0385. The van der Waals surface area contributed by atoms with Gasteiger partial charge < -0.3 is 9.72 Å². The van der Waals surface area contributed by atoms with E-state index in [9.17, 15) is 4.79 Å². The van der Waals surface area contributed by atoms with Crippen molar-refractivity contribution in [2.45, 2.75) is 6.61 Å². The van der Waals surface area contributed by atoms with Gasteiger partial charge in [-0.1, -0.05) is 36.4 Å². The number of benzene rings is 2. The number of thiophene rings is 1. The molecule has 5 rings (SSSR count). The Morgan fingerprint density at radius 2 is 1.88 bits per heavy atom. The van der Waals surface area contributed by atoms with Crippen molar-refractivity contribution in [2.75, 3.05) is 0 Å². The van der Waals surface area contributed by atoms with Crippen LogP contribution in [0.2, 0.25) is 0 Å². The van der Waals surface area contributed by atoms with Crippen LogP contribution in [0.15, 0.2) is 89.2 Å². The van der Waals surface area contributed by atoms with Gasteiger partial charge in [-0.25, -0.2) is 0 Å². The molecule has 0 atom stereocenters. The van der Waals surface area contributed by atoms with Crippen LogP contribution < -0.4 is 10.3 Å². The Morgan fingerprint density at radius 3 is 2.59 bits per heavy atom. The maximum Gasteiger partial charge on any atom is 0.260 e. The number of aromatic nitrogens is 2. The maximum absolute atomic E-state index is 13.3. The van der Waals surface area contributed by atoms with Crippen LogP contribution in [0, 0.1) is 11.3 Å². The van der Waals surface area contributed by atoms with Crippen molar-refractivity contribution in [3.8, 4) is 33.4 Å². The first-order valence-electron chi connectivity index (χ1n) is 10.0. The van der Waals surface area contributed by atoms with E-state index in [1.165, 1.54) is 11.3 Å². The molecule has 1 N–H and O–H groups in total. The van der Waals surface area contributed by atoms with Gasteiger partial charge >= 0.3 is 0 Å². The van der Waals surface area contributed by atoms with E-state index in [0.717, 1.165) is 27.1 Å². The number of nitriles is 1.